The summed E-state index contributed by atoms with van der Waals surface area (Å²) in [5.74, 6) is 1.39. The van der Waals surface area contributed by atoms with E-state index in [0.29, 0.717) is 42.4 Å². The zero-order valence-electron chi connectivity index (χ0n) is 17.4. The first-order valence-electron chi connectivity index (χ1n) is 10.5. The van der Waals surface area contributed by atoms with E-state index in [-0.39, 0.29) is 24.7 Å². The molecule has 1 aromatic heterocycles. The highest BCUT2D eigenvalue weighted by atomic mass is 16.3. The Bertz CT molecular complexity index is 885. The summed E-state index contributed by atoms with van der Waals surface area (Å²) in [5, 5.41) is 21.4. The molecule has 10 heteroatoms. The molecule has 1 fully saturated rings. The van der Waals surface area contributed by atoms with Crippen molar-refractivity contribution in [2.24, 2.45) is 22.7 Å². The molecular weight excluding hydrogens is 398 g/mol. The molecular formula is C21H29N7O3. The summed E-state index contributed by atoms with van der Waals surface area (Å²) >= 11 is 0. The van der Waals surface area contributed by atoms with E-state index in [1.807, 2.05) is 18.2 Å². The number of rotatable bonds is 10. The fourth-order valence-corrected chi connectivity index (χ4v) is 3.67. The highest BCUT2D eigenvalue weighted by molar-refractivity contribution is 5.92. The zero-order chi connectivity index (χ0) is 22.1. The van der Waals surface area contributed by atoms with E-state index in [2.05, 4.69) is 31.1 Å². The number of nitroso groups, excluding NO2 is 1. The van der Waals surface area contributed by atoms with Crippen LogP contribution in [0.4, 0.5) is 23.1 Å². The number of nitrogens with one attached hydrogen (secondary N) is 3. The maximum absolute atomic E-state index is 11.5. The summed E-state index contributed by atoms with van der Waals surface area (Å²) < 4.78 is 0. The van der Waals surface area contributed by atoms with Crippen LogP contribution in [0.15, 0.2) is 35.6 Å². The van der Waals surface area contributed by atoms with Crippen LogP contribution >= 0.6 is 0 Å². The van der Waals surface area contributed by atoms with Gasteiger partial charge in [-0.05, 0) is 60.4 Å². The molecule has 166 valence electrons. The Balaban J connectivity index is 1.58. The highest BCUT2D eigenvalue weighted by Crippen LogP contribution is 2.30. The van der Waals surface area contributed by atoms with Gasteiger partial charge in [0.2, 0.25) is 11.9 Å². The van der Waals surface area contributed by atoms with E-state index in [1.54, 1.807) is 6.07 Å². The first-order valence-corrected chi connectivity index (χ1v) is 10.5. The maximum atomic E-state index is 11.5. The van der Waals surface area contributed by atoms with Gasteiger partial charge in [0, 0.05) is 25.4 Å². The minimum atomic E-state index is -0.258. The molecule has 0 radical (unpaired) electrons. The number of benzene rings is 1. The van der Waals surface area contributed by atoms with Crippen LogP contribution in [-0.2, 0) is 11.3 Å². The summed E-state index contributed by atoms with van der Waals surface area (Å²) in [6.45, 7) is 1.31. The number of aliphatic hydroxyl groups is 1. The third-order valence-electron chi connectivity index (χ3n) is 5.50. The largest absolute Gasteiger partial charge is 0.396 e. The molecule has 31 heavy (non-hydrogen) atoms. The fraction of sp³-hybridized carbons (Fsp3) is 0.476. The lowest BCUT2D eigenvalue weighted by Crippen LogP contribution is -2.23. The van der Waals surface area contributed by atoms with Crippen molar-refractivity contribution in [3.63, 3.8) is 0 Å². The van der Waals surface area contributed by atoms with E-state index in [0.717, 1.165) is 31.2 Å². The van der Waals surface area contributed by atoms with Crippen LogP contribution in [0.1, 0.15) is 31.2 Å². The average molecular weight is 428 g/mol. The molecule has 0 spiro atoms. The van der Waals surface area contributed by atoms with Gasteiger partial charge < -0.3 is 26.8 Å². The normalized spacial score (nSPS) is 18.3. The standard InChI is InChI=1S/C21H29N7O3/c22-9-19(30)26-17-3-1-2-16(8-17)11-24-21-25-12-18(28-31)20(27-21)23-10-14-4-6-15(13-29)7-5-14/h1-3,8,12,14-15,29H,4-7,9-11,13,22H2,(H,26,30)(H2,23,24,25,27). The van der Waals surface area contributed by atoms with Gasteiger partial charge in [0.15, 0.2) is 11.5 Å². The van der Waals surface area contributed by atoms with Gasteiger partial charge in [-0.1, -0.05) is 12.1 Å². The van der Waals surface area contributed by atoms with Crippen molar-refractivity contribution in [2.45, 2.75) is 32.2 Å². The predicted molar refractivity (Wildman–Crippen MR) is 120 cm³/mol. The SMILES string of the molecule is NCC(=O)Nc1cccc(CNc2ncc(N=O)c(NCC3CCC(CO)CC3)n2)c1. The molecule has 1 aliphatic carbocycles. The summed E-state index contributed by atoms with van der Waals surface area (Å²) in [6, 6.07) is 7.37. The predicted octanol–water partition coefficient (Wildman–Crippen LogP) is 2.59. The van der Waals surface area contributed by atoms with E-state index >= 15 is 0 Å². The number of hydrogen-bond acceptors (Lipinski definition) is 9. The summed E-state index contributed by atoms with van der Waals surface area (Å²) in [7, 11) is 0. The van der Waals surface area contributed by atoms with E-state index in [4.69, 9.17) is 5.73 Å². The second-order valence-electron chi connectivity index (χ2n) is 7.78. The first kappa shape index (κ1) is 22.6. The zero-order valence-corrected chi connectivity index (χ0v) is 17.4. The molecule has 2 aromatic rings. The minimum Gasteiger partial charge on any atom is -0.396 e. The number of carbonyl (C=O) groups is 1. The van der Waals surface area contributed by atoms with Crippen LogP contribution in [0, 0.1) is 16.7 Å². The molecule has 1 amide bonds. The first-order chi connectivity index (χ1) is 15.1. The van der Waals surface area contributed by atoms with Crippen molar-refractivity contribution < 1.29 is 9.90 Å². The summed E-state index contributed by atoms with van der Waals surface area (Å²) in [6.07, 6.45) is 5.50. The van der Waals surface area contributed by atoms with Gasteiger partial charge in [-0.2, -0.15) is 4.98 Å². The highest BCUT2D eigenvalue weighted by Gasteiger charge is 2.21. The fourth-order valence-electron chi connectivity index (χ4n) is 3.67. The monoisotopic (exact) mass is 427 g/mol. The Labute approximate surface area is 181 Å². The third kappa shape index (κ3) is 6.69. The van der Waals surface area contributed by atoms with Gasteiger partial charge in [-0.3, -0.25) is 4.79 Å². The average Bonchev–Trinajstić information content (AvgIpc) is 2.82. The van der Waals surface area contributed by atoms with Crippen LogP contribution in [0.5, 0.6) is 0 Å². The number of amides is 1. The van der Waals surface area contributed by atoms with Gasteiger partial charge in [0.1, 0.15) is 0 Å². The second-order valence-corrected chi connectivity index (χ2v) is 7.78. The summed E-state index contributed by atoms with van der Waals surface area (Å²) in [5.41, 5.74) is 7.08. The molecule has 1 saturated carbocycles. The van der Waals surface area contributed by atoms with Gasteiger partial charge in [0.25, 0.3) is 0 Å². The molecule has 1 aliphatic rings. The third-order valence-corrected chi connectivity index (χ3v) is 5.50. The van der Waals surface area contributed by atoms with Gasteiger partial charge in [-0.25, -0.2) is 4.98 Å². The van der Waals surface area contributed by atoms with Gasteiger partial charge in [-0.15, -0.1) is 4.91 Å². The van der Waals surface area contributed by atoms with Crippen molar-refractivity contribution in [2.75, 3.05) is 35.6 Å². The van der Waals surface area contributed by atoms with Crippen LogP contribution in [-0.4, -0.2) is 40.7 Å². The molecule has 3 rings (SSSR count). The molecule has 0 unspecified atom stereocenters. The Hall–Kier alpha value is -3.11. The molecule has 6 N–H and O–H groups in total. The quantitative estimate of drug-likeness (QED) is 0.362. The molecule has 0 atom stereocenters. The topological polar surface area (TPSA) is 155 Å². The number of aromatic nitrogens is 2. The van der Waals surface area contributed by atoms with Crippen LogP contribution < -0.4 is 21.7 Å². The molecule has 0 saturated heterocycles. The lowest BCUT2D eigenvalue weighted by atomic mass is 9.82. The lowest BCUT2D eigenvalue weighted by molar-refractivity contribution is -0.114. The number of nitrogens with two attached hydrogens (primary N) is 1. The number of hydrogen-bond donors (Lipinski definition) is 5. The lowest BCUT2D eigenvalue weighted by Gasteiger charge is -2.27. The number of carbonyl (C=O) groups excluding carboxylic acids is 1. The van der Waals surface area contributed by atoms with Crippen LogP contribution in [0.2, 0.25) is 0 Å². The Morgan fingerprint density at radius 2 is 1.97 bits per heavy atom. The van der Waals surface area contributed by atoms with Gasteiger partial charge in [0.05, 0.1) is 12.7 Å². The molecule has 1 heterocycles. The Morgan fingerprint density at radius 3 is 2.68 bits per heavy atom. The Morgan fingerprint density at radius 1 is 1.19 bits per heavy atom. The number of aliphatic hydroxyl groups excluding tert-OH is 1. The molecule has 1 aromatic carbocycles. The minimum absolute atomic E-state index is 0.0773. The second kappa shape index (κ2) is 11.3. The van der Waals surface area contributed by atoms with Crippen LogP contribution in [0.3, 0.4) is 0 Å². The van der Waals surface area contributed by atoms with Crippen molar-refractivity contribution in [3.8, 4) is 0 Å². The van der Waals surface area contributed by atoms with Crippen molar-refractivity contribution >= 4 is 29.0 Å². The van der Waals surface area contributed by atoms with E-state index in [9.17, 15) is 14.8 Å². The van der Waals surface area contributed by atoms with E-state index < -0.39 is 0 Å². The van der Waals surface area contributed by atoms with Gasteiger partial charge >= 0.3 is 0 Å². The Kier molecular flexibility index (Phi) is 8.25. The number of anilines is 3. The molecule has 10 nitrogen and oxygen atoms in total. The molecule has 0 bridgehead atoms. The molecule has 0 aliphatic heterocycles. The van der Waals surface area contributed by atoms with Crippen LogP contribution in [0.25, 0.3) is 0 Å². The van der Waals surface area contributed by atoms with Crippen molar-refractivity contribution in [1.29, 1.82) is 0 Å². The summed E-state index contributed by atoms with van der Waals surface area (Å²) in [4.78, 5) is 31.2. The van der Waals surface area contributed by atoms with Crippen molar-refractivity contribution in [3.05, 3.63) is 40.9 Å². The van der Waals surface area contributed by atoms with E-state index in [1.165, 1.54) is 6.20 Å². The number of nitrogens with zero attached hydrogens (tertiary/aromatic N) is 3. The maximum Gasteiger partial charge on any atom is 0.238 e. The smallest absolute Gasteiger partial charge is 0.238 e. The van der Waals surface area contributed by atoms with Crippen molar-refractivity contribution in [1.82, 2.24) is 9.97 Å².